The van der Waals surface area contributed by atoms with Crippen molar-refractivity contribution >= 4 is 17.6 Å². The lowest BCUT2D eigenvalue weighted by atomic mass is 10.3. The molecule has 0 aliphatic heterocycles. The van der Waals surface area contributed by atoms with Crippen LogP contribution in [0.4, 0.5) is 13.2 Å². The Labute approximate surface area is 87.9 Å². The van der Waals surface area contributed by atoms with Crippen LogP contribution in [-0.4, -0.2) is 5.97 Å². The fraction of sp³-hybridized carbons (Fsp3) is 0. The highest BCUT2D eigenvalue weighted by Crippen LogP contribution is 2.22. The number of benzene rings is 1. The zero-order valence-electron chi connectivity index (χ0n) is 7.19. The van der Waals surface area contributed by atoms with E-state index in [1.165, 1.54) is 0 Å². The highest BCUT2D eigenvalue weighted by molar-refractivity contribution is 6.41. The van der Waals surface area contributed by atoms with Crippen LogP contribution in [0, 0.1) is 17.5 Å². The number of carbonyl (C=O) groups excluding carboxylic acids is 1. The normalized spacial score (nSPS) is 9.87. The third-order valence-corrected chi connectivity index (χ3v) is 1.58. The van der Waals surface area contributed by atoms with E-state index < -0.39 is 34.2 Å². The summed E-state index contributed by atoms with van der Waals surface area (Å²) < 4.78 is 42.3. The summed E-state index contributed by atoms with van der Waals surface area (Å²) in [5.41, 5.74) is 0. The van der Waals surface area contributed by atoms with Crippen LogP contribution in [0.3, 0.4) is 0 Å². The highest BCUT2D eigenvalue weighted by atomic mass is 35.5. The molecule has 15 heavy (non-hydrogen) atoms. The average Bonchev–Trinajstić information content (AvgIpc) is 2.18. The summed E-state index contributed by atoms with van der Waals surface area (Å²) in [5.74, 6) is -6.58. The molecule has 0 spiro atoms. The molecule has 1 rings (SSSR count). The second kappa shape index (κ2) is 4.35. The number of halogens is 4. The minimum atomic E-state index is -1.72. The molecule has 1 aromatic rings. The standard InChI is InChI=1S/C9H4ClF3O2/c1-4(10)9(14)15-6-3-2-5(11)7(12)8(6)13/h2-3H,1H2. The SMILES string of the molecule is C=C(Cl)C(=O)Oc1ccc(F)c(F)c1F. The summed E-state index contributed by atoms with van der Waals surface area (Å²) in [6.45, 7) is 3.02. The van der Waals surface area contributed by atoms with Gasteiger partial charge in [0.2, 0.25) is 5.82 Å². The first-order valence-electron chi connectivity index (χ1n) is 3.63. The fourth-order valence-corrected chi connectivity index (χ4v) is 0.781. The Morgan fingerprint density at radius 2 is 1.87 bits per heavy atom. The number of esters is 1. The molecule has 0 radical (unpaired) electrons. The van der Waals surface area contributed by atoms with Crippen molar-refractivity contribution in [2.75, 3.05) is 0 Å². The van der Waals surface area contributed by atoms with Crippen molar-refractivity contribution < 1.29 is 22.7 Å². The monoisotopic (exact) mass is 236 g/mol. The number of carbonyl (C=O) groups is 1. The van der Waals surface area contributed by atoms with Crippen molar-refractivity contribution in [3.8, 4) is 5.75 Å². The van der Waals surface area contributed by atoms with Crippen LogP contribution in [0.2, 0.25) is 0 Å². The summed E-state index contributed by atoms with van der Waals surface area (Å²) >= 11 is 5.14. The molecule has 0 atom stereocenters. The molecule has 0 aliphatic carbocycles. The van der Waals surface area contributed by atoms with Crippen molar-refractivity contribution in [3.63, 3.8) is 0 Å². The minimum absolute atomic E-state index is 0.501. The topological polar surface area (TPSA) is 26.3 Å². The van der Waals surface area contributed by atoms with Gasteiger partial charge in [-0.05, 0) is 12.1 Å². The maximum Gasteiger partial charge on any atom is 0.354 e. The molecule has 0 saturated heterocycles. The predicted octanol–water partition coefficient (Wildman–Crippen LogP) is 2.76. The largest absolute Gasteiger partial charge is 0.419 e. The van der Waals surface area contributed by atoms with E-state index >= 15 is 0 Å². The molecule has 0 N–H and O–H groups in total. The zero-order valence-corrected chi connectivity index (χ0v) is 7.95. The van der Waals surface area contributed by atoms with Crippen LogP contribution in [0.1, 0.15) is 0 Å². The van der Waals surface area contributed by atoms with Crippen LogP contribution in [0.25, 0.3) is 0 Å². The summed E-state index contributed by atoms with van der Waals surface area (Å²) in [4.78, 5) is 10.8. The molecule has 2 nitrogen and oxygen atoms in total. The van der Waals surface area contributed by atoms with Crippen LogP contribution in [-0.2, 0) is 4.79 Å². The summed E-state index contributed by atoms with van der Waals surface area (Å²) in [7, 11) is 0. The predicted molar refractivity (Wildman–Crippen MR) is 46.9 cm³/mol. The molecule has 80 valence electrons. The van der Waals surface area contributed by atoms with Gasteiger partial charge < -0.3 is 4.74 Å². The summed E-state index contributed by atoms with van der Waals surface area (Å²) in [6.07, 6.45) is 0. The quantitative estimate of drug-likeness (QED) is 0.342. The number of ether oxygens (including phenoxy) is 1. The van der Waals surface area contributed by atoms with E-state index in [2.05, 4.69) is 11.3 Å². The molecule has 0 amide bonds. The molecular formula is C9H4ClF3O2. The molecule has 6 heteroatoms. The van der Waals surface area contributed by atoms with Crippen molar-refractivity contribution in [2.24, 2.45) is 0 Å². The van der Waals surface area contributed by atoms with Gasteiger partial charge in [0.05, 0.1) is 0 Å². The lowest BCUT2D eigenvalue weighted by Gasteiger charge is -2.04. The molecule has 1 aromatic carbocycles. The Hall–Kier alpha value is -1.49. The Morgan fingerprint density at radius 1 is 1.27 bits per heavy atom. The third-order valence-electron chi connectivity index (χ3n) is 1.42. The second-order valence-electron chi connectivity index (χ2n) is 2.47. The van der Waals surface area contributed by atoms with Gasteiger partial charge in [0.1, 0.15) is 5.03 Å². The lowest BCUT2D eigenvalue weighted by Crippen LogP contribution is -2.09. The molecule has 0 fully saturated rings. The minimum Gasteiger partial charge on any atom is -0.419 e. The van der Waals surface area contributed by atoms with Gasteiger partial charge in [-0.25, -0.2) is 13.6 Å². The van der Waals surface area contributed by atoms with Gasteiger partial charge in [0.25, 0.3) is 0 Å². The highest BCUT2D eigenvalue weighted by Gasteiger charge is 2.17. The molecule has 0 aliphatic rings. The zero-order chi connectivity index (χ0) is 11.6. The molecule has 0 unspecified atom stereocenters. The molecule has 0 saturated carbocycles. The smallest absolute Gasteiger partial charge is 0.354 e. The molecule has 0 bridgehead atoms. The van der Waals surface area contributed by atoms with Gasteiger partial charge in [-0.3, -0.25) is 0 Å². The van der Waals surface area contributed by atoms with Crippen LogP contribution >= 0.6 is 11.6 Å². The number of rotatable bonds is 2. The average molecular weight is 237 g/mol. The van der Waals surface area contributed by atoms with E-state index in [4.69, 9.17) is 11.6 Å². The van der Waals surface area contributed by atoms with Gasteiger partial charge >= 0.3 is 5.97 Å². The van der Waals surface area contributed by atoms with Crippen LogP contribution in [0.15, 0.2) is 23.7 Å². The number of hydrogen-bond donors (Lipinski definition) is 0. The lowest BCUT2D eigenvalue weighted by molar-refractivity contribution is -0.129. The Bertz CT molecular complexity index is 432. The summed E-state index contributed by atoms with van der Waals surface area (Å²) in [6, 6.07) is 1.39. The first-order chi connectivity index (χ1) is 6.93. The third kappa shape index (κ3) is 2.50. The van der Waals surface area contributed by atoms with Gasteiger partial charge in [0.15, 0.2) is 17.4 Å². The molecular weight excluding hydrogens is 233 g/mol. The van der Waals surface area contributed by atoms with Crippen molar-refractivity contribution in [2.45, 2.75) is 0 Å². The van der Waals surface area contributed by atoms with E-state index in [1.807, 2.05) is 0 Å². The maximum absolute atomic E-state index is 12.9. The Balaban J connectivity index is 3.02. The van der Waals surface area contributed by atoms with E-state index in [1.54, 1.807) is 0 Å². The maximum atomic E-state index is 12.9. The first kappa shape index (κ1) is 11.6. The van der Waals surface area contributed by atoms with Gasteiger partial charge in [-0.1, -0.05) is 18.2 Å². The molecule has 0 heterocycles. The Morgan fingerprint density at radius 3 is 2.40 bits per heavy atom. The van der Waals surface area contributed by atoms with E-state index in [0.29, 0.717) is 6.07 Å². The van der Waals surface area contributed by atoms with Gasteiger partial charge in [-0.15, -0.1) is 0 Å². The summed E-state index contributed by atoms with van der Waals surface area (Å²) in [5, 5.41) is -0.501. The van der Waals surface area contributed by atoms with Gasteiger partial charge in [-0.2, -0.15) is 4.39 Å². The first-order valence-corrected chi connectivity index (χ1v) is 4.01. The van der Waals surface area contributed by atoms with Crippen LogP contribution in [0.5, 0.6) is 5.75 Å². The van der Waals surface area contributed by atoms with Gasteiger partial charge in [0, 0.05) is 0 Å². The van der Waals surface area contributed by atoms with E-state index in [-0.39, 0.29) is 0 Å². The molecule has 0 aromatic heterocycles. The second-order valence-corrected chi connectivity index (χ2v) is 2.92. The van der Waals surface area contributed by atoms with Crippen molar-refractivity contribution in [1.82, 2.24) is 0 Å². The van der Waals surface area contributed by atoms with Crippen LogP contribution < -0.4 is 4.74 Å². The van der Waals surface area contributed by atoms with Crippen molar-refractivity contribution in [3.05, 3.63) is 41.2 Å². The van der Waals surface area contributed by atoms with Crippen molar-refractivity contribution in [1.29, 1.82) is 0 Å². The number of hydrogen-bond acceptors (Lipinski definition) is 2. The van der Waals surface area contributed by atoms with E-state index in [9.17, 15) is 18.0 Å². The Kier molecular flexibility index (Phi) is 3.36. The fourth-order valence-electron chi connectivity index (χ4n) is 0.742. The van der Waals surface area contributed by atoms with E-state index in [0.717, 1.165) is 6.07 Å².